The van der Waals surface area contributed by atoms with Crippen molar-refractivity contribution in [1.29, 1.82) is 0 Å². The minimum Gasteiger partial charge on any atom is -0.502 e. The number of hydrogen-bond acceptors (Lipinski definition) is 6. The van der Waals surface area contributed by atoms with Gasteiger partial charge >= 0.3 is 0 Å². The van der Waals surface area contributed by atoms with Gasteiger partial charge in [-0.2, -0.15) is 0 Å². The number of fused-ring (bicyclic) bond motifs is 1. The van der Waals surface area contributed by atoms with Crippen LogP contribution < -0.4 is 19.6 Å². The average Bonchev–Trinajstić information content (AvgIpc) is 2.94. The minimum atomic E-state index is -0.546. The standard InChI is InChI=1S/C30H23BrO6/c1-34-27-14-21(12-13-24(27)35-17-19-8-4-2-5-9-19)30-29(33)28(32)22-15-23(31)26(16-25(22)37-30)36-18-20-10-6-3-7-11-20/h2-16,33H,17-18H2,1H3. The number of benzene rings is 4. The zero-order valence-corrected chi connectivity index (χ0v) is 21.5. The van der Waals surface area contributed by atoms with E-state index < -0.39 is 11.2 Å². The second-order valence-electron chi connectivity index (χ2n) is 8.30. The lowest BCUT2D eigenvalue weighted by Gasteiger charge is -2.13. The molecule has 0 bridgehead atoms. The van der Waals surface area contributed by atoms with Gasteiger partial charge < -0.3 is 23.7 Å². The van der Waals surface area contributed by atoms with Crippen molar-refractivity contribution in [3.8, 4) is 34.3 Å². The lowest BCUT2D eigenvalue weighted by molar-refractivity contribution is 0.284. The Morgan fingerprint density at radius 3 is 2.03 bits per heavy atom. The van der Waals surface area contributed by atoms with Crippen molar-refractivity contribution in [2.75, 3.05) is 7.11 Å². The van der Waals surface area contributed by atoms with Crippen molar-refractivity contribution in [1.82, 2.24) is 0 Å². The molecule has 0 aliphatic heterocycles. The number of halogens is 1. The molecule has 1 N–H and O–H groups in total. The van der Waals surface area contributed by atoms with Gasteiger partial charge in [-0.1, -0.05) is 60.7 Å². The third-order valence-electron chi connectivity index (χ3n) is 5.82. The highest BCUT2D eigenvalue weighted by molar-refractivity contribution is 9.10. The molecule has 0 aliphatic carbocycles. The van der Waals surface area contributed by atoms with Gasteiger partial charge in [0.2, 0.25) is 11.2 Å². The van der Waals surface area contributed by atoms with E-state index in [1.54, 1.807) is 30.3 Å². The molecular weight excluding hydrogens is 536 g/mol. The van der Waals surface area contributed by atoms with Crippen LogP contribution >= 0.6 is 15.9 Å². The van der Waals surface area contributed by atoms with E-state index in [9.17, 15) is 9.90 Å². The maximum atomic E-state index is 13.0. The molecule has 0 amide bonds. The third kappa shape index (κ3) is 5.32. The van der Waals surface area contributed by atoms with E-state index in [0.29, 0.717) is 40.5 Å². The SMILES string of the molecule is COc1cc(-c2oc3cc(OCc4ccccc4)c(Br)cc3c(=O)c2O)ccc1OCc1ccccc1. The van der Waals surface area contributed by atoms with Gasteiger partial charge in [0, 0.05) is 11.6 Å². The van der Waals surface area contributed by atoms with E-state index in [0.717, 1.165) is 11.1 Å². The highest BCUT2D eigenvalue weighted by atomic mass is 79.9. The molecule has 0 atom stereocenters. The normalized spacial score (nSPS) is 10.9. The Balaban J connectivity index is 1.47. The highest BCUT2D eigenvalue weighted by Gasteiger charge is 2.19. The van der Waals surface area contributed by atoms with Crippen LogP contribution in [0.3, 0.4) is 0 Å². The summed E-state index contributed by atoms with van der Waals surface area (Å²) < 4.78 is 24.0. The Hall–Kier alpha value is -4.23. The van der Waals surface area contributed by atoms with E-state index >= 15 is 0 Å². The van der Waals surface area contributed by atoms with Crippen LogP contribution in [0.2, 0.25) is 0 Å². The first-order valence-electron chi connectivity index (χ1n) is 11.5. The molecule has 6 nitrogen and oxygen atoms in total. The van der Waals surface area contributed by atoms with Crippen molar-refractivity contribution in [3.05, 3.63) is 117 Å². The Bertz CT molecular complexity index is 1600. The van der Waals surface area contributed by atoms with Crippen LogP contribution in [0.1, 0.15) is 11.1 Å². The van der Waals surface area contributed by atoms with Crippen molar-refractivity contribution in [2.24, 2.45) is 0 Å². The first kappa shape index (κ1) is 24.5. The molecule has 0 aliphatic rings. The fourth-order valence-corrected chi connectivity index (χ4v) is 4.35. The van der Waals surface area contributed by atoms with Gasteiger partial charge in [-0.05, 0) is 51.3 Å². The smallest absolute Gasteiger partial charge is 0.235 e. The molecule has 1 aromatic heterocycles. The topological polar surface area (TPSA) is 78.1 Å². The number of ether oxygens (including phenoxy) is 3. The second-order valence-corrected chi connectivity index (χ2v) is 9.16. The Morgan fingerprint density at radius 1 is 0.784 bits per heavy atom. The van der Waals surface area contributed by atoms with Gasteiger partial charge in [0.25, 0.3) is 0 Å². The quantitative estimate of drug-likeness (QED) is 0.219. The van der Waals surface area contributed by atoms with Crippen LogP contribution in [0, 0.1) is 0 Å². The van der Waals surface area contributed by atoms with Crippen LogP contribution in [-0.2, 0) is 13.2 Å². The van der Waals surface area contributed by atoms with Gasteiger partial charge in [0.15, 0.2) is 17.3 Å². The molecule has 0 spiro atoms. The summed E-state index contributed by atoms with van der Waals surface area (Å²) in [5.41, 5.74) is 2.23. The first-order chi connectivity index (χ1) is 18.0. The second kappa shape index (κ2) is 10.8. The van der Waals surface area contributed by atoms with Crippen LogP contribution in [0.4, 0.5) is 0 Å². The molecule has 4 aromatic carbocycles. The summed E-state index contributed by atoms with van der Waals surface area (Å²) in [6.45, 7) is 0.718. The monoisotopic (exact) mass is 558 g/mol. The fourth-order valence-electron chi connectivity index (χ4n) is 3.89. The Kier molecular flexibility index (Phi) is 7.14. The highest BCUT2D eigenvalue weighted by Crippen LogP contribution is 2.38. The zero-order valence-electron chi connectivity index (χ0n) is 19.9. The van der Waals surface area contributed by atoms with E-state index in [2.05, 4.69) is 15.9 Å². The molecule has 0 saturated heterocycles. The third-order valence-corrected chi connectivity index (χ3v) is 6.44. The molecule has 0 unspecified atom stereocenters. The summed E-state index contributed by atoms with van der Waals surface area (Å²) >= 11 is 3.45. The van der Waals surface area contributed by atoms with Gasteiger partial charge in [0.05, 0.1) is 17.0 Å². The van der Waals surface area contributed by atoms with Crippen molar-refractivity contribution in [3.63, 3.8) is 0 Å². The molecule has 1 heterocycles. The minimum absolute atomic E-state index is 0.0294. The van der Waals surface area contributed by atoms with Crippen LogP contribution in [-0.4, -0.2) is 12.2 Å². The van der Waals surface area contributed by atoms with E-state index in [-0.39, 0.29) is 16.7 Å². The van der Waals surface area contributed by atoms with Crippen molar-refractivity contribution < 1.29 is 23.7 Å². The predicted molar refractivity (Wildman–Crippen MR) is 145 cm³/mol. The fraction of sp³-hybridized carbons (Fsp3) is 0.100. The van der Waals surface area contributed by atoms with Gasteiger partial charge in [-0.25, -0.2) is 0 Å². The number of hydrogen-bond donors (Lipinski definition) is 1. The first-order valence-corrected chi connectivity index (χ1v) is 12.3. The maximum Gasteiger partial charge on any atom is 0.235 e. The van der Waals surface area contributed by atoms with Gasteiger partial charge in [-0.3, -0.25) is 4.79 Å². The van der Waals surface area contributed by atoms with Crippen LogP contribution in [0.5, 0.6) is 23.0 Å². The molecule has 5 rings (SSSR count). The molecule has 186 valence electrons. The molecule has 37 heavy (non-hydrogen) atoms. The number of rotatable bonds is 8. The van der Waals surface area contributed by atoms with E-state index in [1.807, 2.05) is 60.7 Å². The summed E-state index contributed by atoms with van der Waals surface area (Å²) in [5, 5.41) is 11.0. The van der Waals surface area contributed by atoms with Crippen LogP contribution in [0.25, 0.3) is 22.3 Å². The van der Waals surface area contributed by atoms with E-state index in [4.69, 9.17) is 18.6 Å². The number of aromatic hydroxyl groups is 1. The predicted octanol–water partition coefficient (Wildman–Crippen LogP) is 7.09. The summed E-state index contributed by atoms with van der Waals surface area (Å²) in [7, 11) is 1.53. The Morgan fingerprint density at radius 2 is 1.41 bits per heavy atom. The van der Waals surface area contributed by atoms with Gasteiger partial charge in [0.1, 0.15) is 24.5 Å². The van der Waals surface area contributed by atoms with Crippen molar-refractivity contribution >= 4 is 26.9 Å². The lowest BCUT2D eigenvalue weighted by atomic mass is 10.1. The zero-order chi connectivity index (χ0) is 25.8. The molecule has 0 radical (unpaired) electrons. The summed E-state index contributed by atoms with van der Waals surface area (Å²) in [6, 6.07) is 27.8. The molecule has 0 saturated carbocycles. The lowest BCUT2D eigenvalue weighted by Crippen LogP contribution is -2.04. The summed E-state index contributed by atoms with van der Waals surface area (Å²) in [5.74, 6) is 1.02. The molecule has 0 fully saturated rings. The number of methoxy groups -OCH3 is 1. The largest absolute Gasteiger partial charge is 0.502 e. The van der Waals surface area contributed by atoms with Gasteiger partial charge in [-0.15, -0.1) is 0 Å². The average molecular weight is 559 g/mol. The molecule has 5 aromatic rings. The Labute approximate surface area is 221 Å². The molecular formula is C30H23BrO6. The summed E-state index contributed by atoms with van der Waals surface area (Å²) in [6.07, 6.45) is 0. The van der Waals surface area contributed by atoms with E-state index in [1.165, 1.54) is 7.11 Å². The maximum absolute atomic E-state index is 13.0. The molecule has 7 heteroatoms. The summed E-state index contributed by atoms with van der Waals surface area (Å²) in [4.78, 5) is 13.0. The van der Waals surface area contributed by atoms with Crippen molar-refractivity contribution in [2.45, 2.75) is 13.2 Å². The van der Waals surface area contributed by atoms with Crippen LogP contribution in [0.15, 0.2) is 105 Å².